The number of aryl methyl sites for hydroxylation is 1. The first-order valence-electron chi connectivity index (χ1n) is 6.02. The zero-order valence-electron chi connectivity index (χ0n) is 10.9. The van der Waals surface area contributed by atoms with E-state index in [4.69, 9.17) is 0 Å². The van der Waals surface area contributed by atoms with Crippen LogP contribution < -0.4 is 0 Å². The van der Waals surface area contributed by atoms with Gasteiger partial charge in [0.2, 0.25) is 0 Å². The summed E-state index contributed by atoms with van der Waals surface area (Å²) >= 11 is 0. The van der Waals surface area contributed by atoms with Crippen molar-refractivity contribution in [3.8, 4) is 0 Å². The SMILES string of the molecule is CCc1cnc2nc(C(C)=C(C)C)ccc2c1. The van der Waals surface area contributed by atoms with Gasteiger partial charge in [-0.05, 0) is 56.5 Å². The van der Waals surface area contributed by atoms with Crippen molar-refractivity contribution in [2.24, 2.45) is 0 Å². The second-order valence-corrected chi connectivity index (χ2v) is 4.57. The fraction of sp³-hybridized carbons (Fsp3) is 0.333. The standard InChI is InChI=1S/C15H18N2/c1-5-12-8-13-6-7-14(11(4)10(2)3)17-15(13)16-9-12/h6-9H,5H2,1-4H3. The summed E-state index contributed by atoms with van der Waals surface area (Å²) in [6.07, 6.45) is 2.93. The van der Waals surface area contributed by atoms with Gasteiger partial charge >= 0.3 is 0 Å². The van der Waals surface area contributed by atoms with E-state index in [2.05, 4.69) is 55.9 Å². The molecule has 88 valence electrons. The molecule has 0 fully saturated rings. The number of allylic oxidation sites excluding steroid dienone is 2. The molecule has 2 aromatic heterocycles. The van der Waals surface area contributed by atoms with Crippen LogP contribution in [0.15, 0.2) is 30.0 Å². The molecule has 0 aromatic carbocycles. The predicted octanol–water partition coefficient (Wildman–Crippen LogP) is 4.01. The fourth-order valence-corrected chi connectivity index (χ4v) is 1.71. The van der Waals surface area contributed by atoms with Crippen molar-refractivity contribution in [2.45, 2.75) is 34.1 Å². The number of fused-ring (bicyclic) bond motifs is 1. The Hall–Kier alpha value is -1.70. The lowest BCUT2D eigenvalue weighted by atomic mass is 10.1. The maximum absolute atomic E-state index is 4.60. The van der Waals surface area contributed by atoms with Gasteiger partial charge in [0, 0.05) is 11.6 Å². The minimum Gasteiger partial charge on any atom is -0.236 e. The van der Waals surface area contributed by atoms with E-state index in [1.165, 1.54) is 16.7 Å². The molecule has 2 heterocycles. The van der Waals surface area contributed by atoms with Crippen LogP contribution >= 0.6 is 0 Å². The third-order valence-corrected chi connectivity index (χ3v) is 3.14. The normalized spacial score (nSPS) is 10.6. The van der Waals surface area contributed by atoms with Gasteiger partial charge in [-0.15, -0.1) is 0 Å². The third kappa shape index (κ3) is 2.36. The number of hydrogen-bond donors (Lipinski definition) is 0. The van der Waals surface area contributed by atoms with E-state index in [-0.39, 0.29) is 0 Å². The van der Waals surface area contributed by atoms with E-state index in [0.717, 1.165) is 23.1 Å². The molecular formula is C15H18N2. The number of nitrogens with zero attached hydrogens (tertiary/aromatic N) is 2. The molecule has 2 aromatic rings. The lowest BCUT2D eigenvalue weighted by Gasteiger charge is -2.05. The highest BCUT2D eigenvalue weighted by Gasteiger charge is 2.03. The molecule has 0 saturated carbocycles. The summed E-state index contributed by atoms with van der Waals surface area (Å²) in [4.78, 5) is 9.02. The van der Waals surface area contributed by atoms with Crippen molar-refractivity contribution in [2.75, 3.05) is 0 Å². The van der Waals surface area contributed by atoms with E-state index in [1.807, 2.05) is 6.20 Å². The van der Waals surface area contributed by atoms with Crippen LogP contribution in [0, 0.1) is 0 Å². The van der Waals surface area contributed by atoms with Crippen LogP contribution in [-0.4, -0.2) is 9.97 Å². The molecule has 2 heteroatoms. The summed E-state index contributed by atoms with van der Waals surface area (Å²) in [6, 6.07) is 6.35. The molecule has 0 aliphatic rings. The number of rotatable bonds is 2. The average molecular weight is 226 g/mol. The molecule has 0 aliphatic heterocycles. The second kappa shape index (κ2) is 4.66. The smallest absolute Gasteiger partial charge is 0.159 e. The molecule has 0 spiro atoms. The van der Waals surface area contributed by atoms with Gasteiger partial charge in [-0.1, -0.05) is 12.5 Å². The van der Waals surface area contributed by atoms with Gasteiger partial charge in [0.05, 0.1) is 5.69 Å². The molecule has 0 aliphatic carbocycles. The van der Waals surface area contributed by atoms with E-state index >= 15 is 0 Å². The van der Waals surface area contributed by atoms with Crippen molar-refractivity contribution in [3.63, 3.8) is 0 Å². The minimum atomic E-state index is 0.834. The van der Waals surface area contributed by atoms with Crippen molar-refractivity contribution in [1.29, 1.82) is 0 Å². The topological polar surface area (TPSA) is 25.8 Å². The van der Waals surface area contributed by atoms with E-state index in [1.54, 1.807) is 0 Å². The van der Waals surface area contributed by atoms with Gasteiger partial charge < -0.3 is 0 Å². The lowest BCUT2D eigenvalue weighted by molar-refractivity contribution is 1.11. The maximum Gasteiger partial charge on any atom is 0.159 e. The van der Waals surface area contributed by atoms with E-state index in [9.17, 15) is 0 Å². The highest BCUT2D eigenvalue weighted by Crippen LogP contribution is 2.19. The molecule has 0 N–H and O–H groups in total. The molecule has 0 unspecified atom stereocenters. The molecular weight excluding hydrogens is 208 g/mol. The summed E-state index contributed by atoms with van der Waals surface area (Å²) < 4.78 is 0. The van der Waals surface area contributed by atoms with Gasteiger partial charge in [0.15, 0.2) is 5.65 Å². The Kier molecular flexibility index (Phi) is 3.23. The van der Waals surface area contributed by atoms with Crippen LogP contribution in [0.5, 0.6) is 0 Å². The molecule has 0 radical (unpaired) electrons. The van der Waals surface area contributed by atoms with Crippen LogP contribution in [0.1, 0.15) is 39.0 Å². The summed E-state index contributed by atoms with van der Waals surface area (Å²) in [6.45, 7) is 8.45. The highest BCUT2D eigenvalue weighted by molar-refractivity contribution is 5.78. The predicted molar refractivity (Wildman–Crippen MR) is 72.9 cm³/mol. The van der Waals surface area contributed by atoms with Crippen LogP contribution in [0.25, 0.3) is 16.6 Å². The first-order chi connectivity index (χ1) is 8.11. The first kappa shape index (κ1) is 11.8. The molecule has 0 saturated heterocycles. The van der Waals surface area contributed by atoms with E-state index in [0.29, 0.717) is 0 Å². The van der Waals surface area contributed by atoms with E-state index < -0.39 is 0 Å². The van der Waals surface area contributed by atoms with Crippen LogP contribution in [0.3, 0.4) is 0 Å². The Morgan fingerprint density at radius 2 is 1.94 bits per heavy atom. The van der Waals surface area contributed by atoms with Crippen molar-refractivity contribution < 1.29 is 0 Å². The molecule has 0 bridgehead atoms. The monoisotopic (exact) mass is 226 g/mol. The maximum atomic E-state index is 4.60. The van der Waals surface area contributed by atoms with Crippen molar-refractivity contribution in [1.82, 2.24) is 9.97 Å². The van der Waals surface area contributed by atoms with Crippen LogP contribution in [0.4, 0.5) is 0 Å². The fourth-order valence-electron chi connectivity index (χ4n) is 1.71. The second-order valence-electron chi connectivity index (χ2n) is 4.57. The molecule has 2 rings (SSSR count). The van der Waals surface area contributed by atoms with Crippen LogP contribution in [-0.2, 0) is 6.42 Å². The number of aromatic nitrogens is 2. The van der Waals surface area contributed by atoms with Crippen LogP contribution in [0.2, 0.25) is 0 Å². The molecule has 0 atom stereocenters. The lowest BCUT2D eigenvalue weighted by Crippen LogP contribution is -1.92. The Morgan fingerprint density at radius 1 is 1.18 bits per heavy atom. The molecule has 0 amide bonds. The van der Waals surface area contributed by atoms with Gasteiger partial charge in [0.1, 0.15) is 0 Å². The zero-order chi connectivity index (χ0) is 12.4. The van der Waals surface area contributed by atoms with Crippen molar-refractivity contribution >= 4 is 16.6 Å². The number of pyridine rings is 2. The summed E-state index contributed by atoms with van der Waals surface area (Å²) in [5.74, 6) is 0. The highest BCUT2D eigenvalue weighted by atomic mass is 14.8. The minimum absolute atomic E-state index is 0.834. The zero-order valence-corrected chi connectivity index (χ0v) is 10.9. The Morgan fingerprint density at radius 3 is 2.59 bits per heavy atom. The Balaban J connectivity index is 2.56. The third-order valence-electron chi connectivity index (χ3n) is 3.14. The summed E-state index contributed by atoms with van der Waals surface area (Å²) in [7, 11) is 0. The van der Waals surface area contributed by atoms with Gasteiger partial charge in [0.25, 0.3) is 0 Å². The Labute approximate surface area is 102 Å². The summed E-state index contributed by atoms with van der Waals surface area (Å²) in [5, 5.41) is 1.12. The first-order valence-corrected chi connectivity index (χ1v) is 6.02. The van der Waals surface area contributed by atoms with Crippen molar-refractivity contribution in [3.05, 3.63) is 41.2 Å². The van der Waals surface area contributed by atoms with Gasteiger partial charge in [-0.25, -0.2) is 9.97 Å². The number of hydrogen-bond acceptors (Lipinski definition) is 2. The largest absolute Gasteiger partial charge is 0.236 e. The quantitative estimate of drug-likeness (QED) is 0.773. The molecule has 17 heavy (non-hydrogen) atoms. The average Bonchev–Trinajstić information content (AvgIpc) is 2.36. The Bertz CT molecular complexity index is 578. The molecule has 2 nitrogen and oxygen atoms in total. The van der Waals surface area contributed by atoms with Gasteiger partial charge in [-0.2, -0.15) is 0 Å². The summed E-state index contributed by atoms with van der Waals surface area (Å²) in [5.41, 5.74) is 5.64. The van der Waals surface area contributed by atoms with Gasteiger partial charge in [-0.3, -0.25) is 0 Å².